The van der Waals surface area contributed by atoms with E-state index in [1.54, 1.807) is 31.2 Å². The van der Waals surface area contributed by atoms with Crippen molar-refractivity contribution in [1.82, 2.24) is 5.43 Å². The van der Waals surface area contributed by atoms with Crippen LogP contribution in [0.25, 0.3) is 0 Å². The SMILES string of the molecule is C/C(=N\NC(=O)C(=O)Nc1ccccc1Cl)c1ccc(F)cc1. The van der Waals surface area contributed by atoms with Crippen molar-refractivity contribution >= 4 is 34.8 Å². The number of carbonyl (C=O) groups is 2. The number of benzene rings is 2. The molecule has 0 unspecified atom stereocenters. The number of rotatable bonds is 3. The Balaban J connectivity index is 1.98. The summed E-state index contributed by atoms with van der Waals surface area (Å²) in [5.41, 5.74) is 3.52. The molecule has 2 aromatic carbocycles. The molecule has 2 N–H and O–H groups in total. The van der Waals surface area contributed by atoms with Crippen LogP contribution in [0.3, 0.4) is 0 Å². The summed E-state index contributed by atoms with van der Waals surface area (Å²) in [4.78, 5) is 23.5. The summed E-state index contributed by atoms with van der Waals surface area (Å²) >= 11 is 5.89. The average Bonchev–Trinajstić information content (AvgIpc) is 2.55. The van der Waals surface area contributed by atoms with Gasteiger partial charge < -0.3 is 5.32 Å². The molecule has 7 heteroatoms. The molecule has 2 amide bonds. The summed E-state index contributed by atoms with van der Waals surface area (Å²) in [5.74, 6) is -2.20. The zero-order chi connectivity index (χ0) is 16.8. The van der Waals surface area contributed by atoms with Crippen molar-refractivity contribution in [2.45, 2.75) is 6.92 Å². The molecule has 0 aliphatic rings. The van der Waals surface area contributed by atoms with Crippen molar-refractivity contribution in [3.63, 3.8) is 0 Å². The first-order chi connectivity index (χ1) is 11.0. The normalized spacial score (nSPS) is 11.0. The van der Waals surface area contributed by atoms with Crippen molar-refractivity contribution in [1.29, 1.82) is 0 Å². The molecule has 0 spiro atoms. The third kappa shape index (κ3) is 4.62. The third-order valence-corrected chi connectivity index (χ3v) is 3.25. The van der Waals surface area contributed by atoms with Crippen LogP contribution in [0, 0.1) is 5.82 Å². The number of para-hydroxylation sites is 1. The minimum absolute atomic E-state index is 0.319. The summed E-state index contributed by atoms with van der Waals surface area (Å²) < 4.78 is 12.8. The topological polar surface area (TPSA) is 70.6 Å². The highest BCUT2D eigenvalue weighted by Gasteiger charge is 2.14. The van der Waals surface area contributed by atoms with Gasteiger partial charge in [-0.15, -0.1) is 0 Å². The number of carbonyl (C=O) groups excluding carboxylic acids is 2. The van der Waals surface area contributed by atoms with Gasteiger partial charge in [0.2, 0.25) is 0 Å². The van der Waals surface area contributed by atoms with E-state index in [4.69, 9.17) is 11.6 Å². The molecule has 0 saturated carbocycles. The van der Waals surface area contributed by atoms with Gasteiger partial charge in [0.15, 0.2) is 0 Å². The quantitative estimate of drug-likeness (QED) is 0.515. The Morgan fingerprint density at radius 2 is 1.70 bits per heavy atom. The van der Waals surface area contributed by atoms with E-state index in [9.17, 15) is 14.0 Å². The van der Waals surface area contributed by atoms with Crippen LogP contribution in [0.4, 0.5) is 10.1 Å². The van der Waals surface area contributed by atoms with E-state index in [2.05, 4.69) is 15.8 Å². The Kier molecular flexibility index (Phi) is 5.43. The number of hydrogen-bond acceptors (Lipinski definition) is 3. The van der Waals surface area contributed by atoms with Crippen molar-refractivity contribution in [3.05, 3.63) is 64.9 Å². The predicted molar refractivity (Wildman–Crippen MR) is 86.8 cm³/mol. The molecule has 0 aromatic heterocycles. The molecule has 5 nitrogen and oxygen atoms in total. The smallest absolute Gasteiger partial charge is 0.316 e. The minimum Gasteiger partial charge on any atom is -0.316 e. The average molecular weight is 334 g/mol. The lowest BCUT2D eigenvalue weighted by atomic mass is 10.1. The van der Waals surface area contributed by atoms with Gasteiger partial charge in [0.05, 0.1) is 16.4 Å². The van der Waals surface area contributed by atoms with E-state index in [0.29, 0.717) is 22.0 Å². The molecular formula is C16H13ClFN3O2. The van der Waals surface area contributed by atoms with Crippen LogP contribution < -0.4 is 10.7 Å². The lowest BCUT2D eigenvalue weighted by molar-refractivity contribution is -0.136. The molecule has 0 atom stereocenters. The summed E-state index contributed by atoms with van der Waals surface area (Å²) in [6, 6.07) is 12.1. The second-order valence-electron chi connectivity index (χ2n) is 4.58. The standard InChI is InChI=1S/C16H13ClFN3O2/c1-10(11-6-8-12(18)9-7-11)20-21-16(23)15(22)19-14-5-3-2-4-13(14)17/h2-9H,1H3,(H,19,22)(H,21,23)/b20-10+. The van der Waals surface area contributed by atoms with Gasteiger partial charge in [-0.1, -0.05) is 35.9 Å². The van der Waals surface area contributed by atoms with Crippen molar-refractivity contribution in [2.75, 3.05) is 5.32 Å². The van der Waals surface area contributed by atoms with Gasteiger partial charge in [-0.3, -0.25) is 9.59 Å². The number of nitrogens with one attached hydrogen (secondary N) is 2. The van der Waals surface area contributed by atoms with Gasteiger partial charge in [0.1, 0.15) is 5.82 Å². The predicted octanol–water partition coefficient (Wildman–Crippen LogP) is 2.96. The first kappa shape index (κ1) is 16.6. The summed E-state index contributed by atoms with van der Waals surface area (Å²) in [7, 11) is 0. The minimum atomic E-state index is -0.939. The number of amides is 2. The first-order valence-corrected chi connectivity index (χ1v) is 7.01. The van der Waals surface area contributed by atoms with Crippen LogP contribution in [0.15, 0.2) is 53.6 Å². The van der Waals surface area contributed by atoms with Crippen LogP contribution in [-0.2, 0) is 9.59 Å². The Bertz CT molecular complexity index is 760. The molecule has 118 valence electrons. The molecule has 0 fully saturated rings. The molecular weight excluding hydrogens is 321 g/mol. The van der Waals surface area contributed by atoms with Gasteiger partial charge in [-0.25, -0.2) is 9.82 Å². The lowest BCUT2D eigenvalue weighted by Gasteiger charge is -2.06. The highest BCUT2D eigenvalue weighted by Crippen LogP contribution is 2.20. The van der Waals surface area contributed by atoms with Crippen molar-refractivity contribution in [3.8, 4) is 0 Å². The first-order valence-electron chi connectivity index (χ1n) is 6.63. The number of halogens is 2. The fraction of sp³-hybridized carbons (Fsp3) is 0.0625. The van der Waals surface area contributed by atoms with Gasteiger partial charge >= 0.3 is 11.8 Å². The highest BCUT2D eigenvalue weighted by molar-refractivity contribution is 6.41. The zero-order valence-electron chi connectivity index (χ0n) is 12.1. The van der Waals surface area contributed by atoms with E-state index >= 15 is 0 Å². The summed E-state index contributed by atoms with van der Waals surface area (Å²) in [6.07, 6.45) is 0. The van der Waals surface area contributed by atoms with Gasteiger partial charge in [0, 0.05) is 0 Å². The van der Waals surface area contributed by atoms with Crippen LogP contribution in [-0.4, -0.2) is 17.5 Å². The summed E-state index contributed by atoms with van der Waals surface area (Å²) in [5, 5.41) is 6.51. The summed E-state index contributed by atoms with van der Waals surface area (Å²) in [6.45, 7) is 1.62. The van der Waals surface area contributed by atoms with Gasteiger partial charge in [-0.2, -0.15) is 5.10 Å². The Hall–Kier alpha value is -2.73. The Morgan fingerprint density at radius 3 is 2.35 bits per heavy atom. The Labute approximate surface area is 137 Å². The molecule has 0 aliphatic carbocycles. The lowest BCUT2D eigenvalue weighted by Crippen LogP contribution is -2.33. The molecule has 0 bridgehead atoms. The van der Waals surface area contributed by atoms with E-state index in [1.165, 1.54) is 24.3 Å². The zero-order valence-corrected chi connectivity index (χ0v) is 12.9. The second-order valence-corrected chi connectivity index (χ2v) is 4.99. The van der Waals surface area contributed by atoms with E-state index < -0.39 is 11.8 Å². The molecule has 0 heterocycles. The number of hydrogen-bond donors (Lipinski definition) is 2. The van der Waals surface area contributed by atoms with E-state index in [0.717, 1.165) is 0 Å². The molecule has 0 radical (unpaired) electrons. The van der Waals surface area contributed by atoms with E-state index in [1.807, 2.05) is 0 Å². The fourth-order valence-electron chi connectivity index (χ4n) is 1.68. The fourth-order valence-corrected chi connectivity index (χ4v) is 1.87. The maximum atomic E-state index is 12.8. The molecule has 2 rings (SSSR count). The van der Waals surface area contributed by atoms with Crippen molar-refractivity contribution in [2.24, 2.45) is 5.10 Å². The van der Waals surface area contributed by atoms with Gasteiger partial charge in [0.25, 0.3) is 0 Å². The van der Waals surface area contributed by atoms with Crippen molar-refractivity contribution < 1.29 is 14.0 Å². The van der Waals surface area contributed by atoms with Crippen LogP contribution >= 0.6 is 11.6 Å². The molecule has 0 saturated heterocycles. The van der Waals surface area contributed by atoms with Crippen LogP contribution in [0.2, 0.25) is 5.02 Å². The number of anilines is 1. The third-order valence-electron chi connectivity index (χ3n) is 2.92. The number of hydrazone groups is 1. The van der Waals surface area contributed by atoms with E-state index in [-0.39, 0.29) is 5.82 Å². The highest BCUT2D eigenvalue weighted by atomic mass is 35.5. The number of nitrogens with zero attached hydrogens (tertiary/aromatic N) is 1. The van der Waals surface area contributed by atoms with Crippen LogP contribution in [0.1, 0.15) is 12.5 Å². The maximum absolute atomic E-state index is 12.8. The monoisotopic (exact) mass is 333 g/mol. The molecule has 2 aromatic rings. The van der Waals surface area contributed by atoms with Crippen LogP contribution in [0.5, 0.6) is 0 Å². The molecule has 0 aliphatic heterocycles. The molecule has 23 heavy (non-hydrogen) atoms. The second kappa shape index (κ2) is 7.51. The largest absolute Gasteiger partial charge is 0.329 e. The maximum Gasteiger partial charge on any atom is 0.329 e. The Morgan fingerprint density at radius 1 is 1.04 bits per heavy atom. The van der Waals surface area contributed by atoms with Gasteiger partial charge in [-0.05, 0) is 36.8 Å².